The summed E-state index contributed by atoms with van der Waals surface area (Å²) < 4.78 is 0. The van der Waals surface area contributed by atoms with Crippen molar-refractivity contribution in [2.45, 2.75) is 39.2 Å². The molecule has 0 aromatic rings. The molecule has 0 fully saturated rings. The van der Waals surface area contributed by atoms with Gasteiger partial charge in [0.2, 0.25) is 0 Å². The lowest BCUT2D eigenvalue weighted by atomic mass is 10.1. The molecular weight excluding hydrogens is 184 g/mol. The molecule has 0 radical (unpaired) electrons. The van der Waals surface area contributed by atoms with Crippen molar-refractivity contribution >= 4 is 11.8 Å². The zero-order chi connectivity index (χ0) is 11.6. The fourth-order valence-corrected chi connectivity index (χ4v) is 0.632. The van der Waals surface area contributed by atoms with E-state index in [1.807, 2.05) is 0 Å². The number of aliphatic carboxylic acids is 1. The van der Waals surface area contributed by atoms with Crippen LogP contribution < -0.4 is 11.5 Å². The van der Waals surface area contributed by atoms with E-state index < -0.39 is 12.0 Å². The lowest BCUT2D eigenvalue weighted by Gasteiger charge is -2.03. The van der Waals surface area contributed by atoms with Crippen LogP contribution in [-0.4, -0.2) is 29.4 Å². The molecule has 5 nitrogen and oxygen atoms in total. The highest BCUT2D eigenvalue weighted by Crippen LogP contribution is 1.96. The third-order valence-electron chi connectivity index (χ3n) is 1.29. The molecule has 0 bridgehead atoms. The highest BCUT2D eigenvalue weighted by atomic mass is 16.4. The Balaban J connectivity index is 0. The Morgan fingerprint density at radius 3 is 2.00 bits per heavy atom. The molecule has 0 unspecified atom stereocenters. The van der Waals surface area contributed by atoms with Gasteiger partial charge in [-0.1, -0.05) is 6.42 Å². The first-order valence-electron chi connectivity index (χ1n) is 4.57. The highest BCUT2D eigenvalue weighted by molar-refractivity contribution is 5.73. The van der Waals surface area contributed by atoms with Crippen molar-refractivity contribution in [3.63, 3.8) is 0 Å². The van der Waals surface area contributed by atoms with E-state index in [0.29, 0.717) is 13.0 Å². The molecule has 14 heavy (non-hydrogen) atoms. The average molecular weight is 204 g/mol. The number of rotatable bonds is 5. The van der Waals surface area contributed by atoms with Gasteiger partial charge in [-0.05, 0) is 33.2 Å². The largest absolute Gasteiger partial charge is 0.480 e. The second-order valence-corrected chi connectivity index (χ2v) is 3.14. The van der Waals surface area contributed by atoms with Crippen LogP contribution in [-0.2, 0) is 9.59 Å². The number of unbranched alkanes of at least 4 members (excludes halogenated alkanes) is 1. The van der Waals surface area contributed by atoms with E-state index in [0.717, 1.165) is 12.8 Å². The summed E-state index contributed by atoms with van der Waals surface area (Å²) >= 11 is 0. The third kappa shape index (κ3) is 17.2. The summed E-state index contributed by atoms with van der Waals surface area (Å²) in [7, 11) is 0. The number of nitrogens with two attached hydrogens (primary N) is 2. The van der Waals surface area contributed by atoms with Crippen molar-refractivity contribution in [3.8, 4) is 0 Å². The number of hydrogen-bond acceptors (Lipinski definition) is 4. The van der Waals surface area contributed by atoms with Gasteiger partial charge in [-0.15, -0.1) is 0 Å². The van der Waals surface area contributed by atoms with Crippen molar-refractivity contribution < 1.29 is 14.7 Å². The summed E-state index contributed by atoms with van der Waals surface area (Å²) in [5.74, 6) is -0.767. The molecule has 5 heteroatoms. The lowest BCUT2D eigenvalue weighted by molar-refractivity contribution is -0.138. The Bertz CT molecular complexity index is 167. The summed E-state index contributed by atoms with van der Waals surface area (Å²) in [4.78, 5) is 19.6. The number of carboxylic acid groups (broad SMARTS) is 1. The molecule has 1 atom stereocenters. The zero-order valence-corrected chi connectivity index (χ0v) is 8.82. The molecule has 0 spiro atoms. The third-order valence-corrected chi connectivity index (χ3v) is 1.29. The minimum absolute atomic E-state index is 0.167. The van der Waals surface area contributed by atoms with Gasteiger partial charge in [0.05, 0.1) is 0 Å². The fourth-order valence-electron chi connectivity index (χ4n) is 0.632. The predicted molar refractivity (Wildman–Crippen MR) is 54.9 cm³/mol. The maximum Gasteiger partial charge on any atom is 0.320 e. The van der Waals surface area contributed by atoms with Gasteiger partial charge < -0.3 is 21.4 Å². The van der Waals surface area contributed by atoms with E-state index in [-0.39, 0.29) is 5.78 Å². The van der Waals surface area contributed by atoms with Crippen molar-refractivity contribution in [1.29, 1.82) is 0 Å². The van der Waals surface area contributed by atoms with Gasteiger partial charge in [0.1, 0.15) is 11.8 Å². The van der Waals surface area contributed by atoms with Crippen LogP contribution in [0.15, 0.2) is 0 Å². The minimum Gasteiger partial charge on any atom is -0.480 e. The molecule has 0 rings (SSSR count). The van der Waals surface area contributed by atoms with Crippen molar-refractivity contribution in [2.75, 3.05) is 6.54 Å². The van der Waals surface area contributed by atoms with Gasteiger partial charge in [0.25, 0.3) is 0 Å². The normalized spacial score (nSPS) is 11.1. The number of carbonyl (C=O) groups is 2. The quantitative estimate of drug-likeness (QED) is 0.551. The number of Topliss-reactive ketones (excluding diaryl/α,β-unsaturated/α-hetero) is 1. The fraction of sp³-hybridized carbons (Fsp3) is 0.778. The first-order valence-corrected chi connectivity index (χ1v) is 4.57. The van der Waals surface area contributed by atoms with E-state index >= 15 is 0 Å². The molecule has 0 aromatic heterocycles. The maximum atomic E-state index is 10.1. The Kier molecular flexibility index (Phi) is 11.3. The SMILES string of the molecule is CC(C)=O.NCCCC[C@H](N)C(=O)O. The Hall–Kier alpha value is -0.940. The van der Waals surface area contributed by atoms with E-state index in [4.69, 9.17) is 16.6 Å². The van der Waals surface area contributed by atoms with Crippen LogP contribution in [0.4, 0.5) is 0 Å². The van der Waals surface area contributed by atoms with Gasteiger partial charge in [0, 0.05) is 0 Å². The van der Waals surface area contributed by atoms with Gasteiger partial charge in [-0.2, -0.15) is 0 Å². The van der Waals surface area contributed by atoms with E-state index in [2.05, 4.69) is 0 Å². The monoisotopic (exact) mass is 204 g/mol. The molecule has 0 aliphatic rings. The molecule has 0 aliphatic heterocycles. The second-order valence-electron chi connectivity index (χ2n) is 3.14. The molecular formula is C9H20N2O3. The minimum atomic E-state index is -0.933. The van der Waals surface area contributed by atoms with E-state index in [1.54, 1.807) is 0 Å². The second kappa shape index (κ2) is 10.1. The summed E-state index contributed by atoms with van der Waals surface area (Å²) in [5.41, 5.74) is 10.4. The molecule has 84 valence electrons. The maximum absolute atomic E-state index is 10.1. The number of ketones is 1. The summed E-state index contributed by atoms with van der Waals surface area (Å²) in [6.07, 6.45) is 2.16. The van der Waals surface area contributed by atoms with Gasteiger partial charge in [-0.3, -0.25) is 4.79 Å². The molecule has 0 amide bonds. The molecule has 0 saturated carbocycles. The number of carbonyl (C=O) groups excluding carboxylic acids is 1. The molecule has 0 aromatic carbocycles. The van der Waals surface area contributed by atoms with Gasteiger partial charge >= 0.3 is 5.97 Å². The van der Waals surface area contributed by atoms with E-state index in [1.165, 1.54) is 13.8 Å². The van der Waals surface area contributed by atoms with Crippen LogP contribution in [0, 0.1) is 0 Å². The van der Waals surface area contributed by atoms with Crippen LogP contribution in [0.25, 0.3) is 0 Å². The summed E-state index contributed by atoms with van der Waals surface area (Å²) in [6, 6.07) is -0.716. The molecule has 5 N–H and O–H groups in total. The topological polar surface area (TPSA) is 106 Å². The average Bonchev–Trinajstić information content (AvgIpc) is 2.03. The van der Waals surface area contributed by atoms with Crippen molar-refractivity contribution in [1.82, 2.24) is 0 Å². The zero-order valence-electron chi connectivity index (χ0n) is 8.82. The summed E-state index contributed by atoms with van der Waals surface area (Å²) in [6.45, 7) is 3.66. The smallest absolute Gasteiger partial charge is 0.320 e. The van der Waals surface area contributed by atoms with Crippen LogP contribution >= 0.6 is 0 Å². The van der Waals surface area contributed by atoms with Crippen LogP contribution in [0.3, 0.4) is 0 Å². The Morgan fingerprint density at radius 2 is 1.71 bits per heavy atom. The van der Waals surface area contributed by atoms with Crippen LogP contribution in [0.1, 0.15) is 33.1 Å². The number of hydrogen-bond donors (Lipinski definition) is 3. The van der Waals surface area contributed by atoms with E-state index in [9.17, 15) is 9.59 Å². The van der Waals surface area contributed by atoms with Gasteiger partial charge in [-0.25, -0.2) is 0 Å². The Labute approximate surface area is 84.5 Å². The first-order chi connectivity index (χ1) is 6.41. The molecule has 0 saturated heterocycles. The lowest BCUT2D eigenvalue weighted by Crippen LogP contribution is -2.29. The molecule has 0 heterocycles. The predicted octanol–water partition coefficient (Wildman–Crippen LogP) is 0.123. The van der Waals surface area contributed by atoms with Crippen LogP contribution in [0.5, 0.6) is 0 Å². The standard InChI is InChI=1S/C6H14N2O2.C3H6O/c7-4-2-1-3-5(8)6(9)10;1-3(2)4/h5H,1-4,7-8H2,(H,9,10);1-2H3/t5-;/m0./s1. The van der Waals surface area contributed by atoms with Crippen molar-refractivity contribution in [2.24, 2.45) is 11.5 Å². The summed E-state index contributed by atoms with van der Waals surface area (Å²) in [5, 5.41) is 8.33. The van der Waals surface area contributed by atoms with Gasteiger partial charge in [0.15, 0.2) is 0 Å². The number of carboxylic acids is 1. The molecule has 0 aliphatic carbocycles. The Morgan fingerprint density at radius 1 is 1.29 bits per heavy atom. The first kappa shape index (κ1) is 15.5. The highest BCUT2D eigenvalue weighted by Gasteiger charge is 2.09. The van der Waals surface area contributed by atoms with Crippen LogP contribution in [0.2, 0.25) is 0 Å². The van der Waals surface area contributed by atoms with Crippen molar-refractivity contribution in [3.05, 3.63) is 0 Å².